The van der Waals surface area contributed by atoms with Gasteiger partial charge in [-0.15, -0.1) is 0 Å². The number of nitrogens with zero attached hydrogens (tertiary/aromatic N) is 3. The smallest absolute Gasteiger partial charge is 0.259 e. The molecule has 6 nitrogen and oxygen atoms in total. The maximum Gasteiger partial charge on any atom is 0.259 e. The van der Waals surface area contributed by atoms with Gasteiger partial charge in [-0.2, -0.15) is 5.10 Å². The minimum absolute atomic E-state index is 0.160. The van der Waals surface area contributed by atoms with Crippen LogP contribution in [0, 0.1) is 6.92 Å². The number of anilines is 1. The van der Waals surface area contributed by atoms with Gasteiger partial charge >= 0.3 is 0 Å². The molecule has 0 saturated heterocycles. The summed E-state index contributed by atoms with van der Waals surface area (Å²) in [5, 5.41) is 7.29. The lowest BCUT2D eigenvalue weighted by molar-refractivity contribution is 0.0774. The zero-order valence-electron chi connectivity index (χ0n) is 16.3. The van der Waals surface area contributed by atoms with E-state index in [0.717, 1.165) is 11.3 Å². The van der Waals surface area contributed by atoms with Gasteiger partial charge < -0.3 is 10.2 Å². The van der Waals surface area contributed by atoms with Crippen LogP contribution in [-0.4, -0.2) is 39.6 Å². The SMILES string of the molecule is CCN(CC)C(=O)c1cnn(-c2ccccc2)c1NC(=O)c1ccccc1C. The van der Waals surface area contributed by atoms with Gasteiger partial charge in [-0.1, -0.05) is 36.4 Å². The van der Waals surface area contributed by atoms with Gasteiger partial charge in [0.25, 0.3) is 11.8 Å². The van der Waals surface area contributed by atoms with Crippen molar-refractivity contribution in [1.29, 1.82) is 0 Å². The van der Waals surface area contributed by atoms with Crippen molar-refractivity contribution in [3.8, 4) is 5.69 Å². The Morgan fingerprint density at radius 3 is 2.25 bits per heavy atom. The van der Waals surface area contributed by atoms with Crippen molar-refractivity contribution in [1.82, 2.24) is 14.7 Å². The van der Waals surface area contributed by atoms with Gasteiger partial charge in [0.2, 0.25) is 0 Å². The second kappa shape index (κ2) is 8.52. The Hall–Kier alpha value is -3.41. The molecule has 0 atom stereocenters. The number of para-hydroxylation sites is 1. The number of hydrogen-bond acceptors (Lipinski definition) is 3. The van der Waals surface area contributed by atoms with Gasteiger partial charge in [0.05, 0.1) is 11.9 Å². The molecule has 0 aliphatic heterocycles. The number of carbonyl (C=O) groups is 2. The predicted molar refractivity (Wildman–Crippen MR) is 110 cm³/mol. The van der Waals surface area contributed by atoms with Crippen LogP contribution in [0.25, 0.3) is 5.69 Å². The van der Waals surface area contributed by atoms with E-state index in [1.54, 1.807) is 15.6 Å². The quantitative estimate of drug-likeness (QED) is 0.709. The normalized spacial score (nSPS) is 10.5. The van der Waals surface area contributed by atoms with Crippen LogP contribution in [-0.2, 0) is 0 Å². The summed E-state index contributed by atoms with van der Waals surface area (Å²) < 4.78 is 1.59. The molecule has 1 N–H and O–H groups in total. The molecule has 2 amide bonds. The molecular formula is C22H24N4O2. The van der Waals surface area contributed by atoms with Gasteiger partial charge in [0, 0.05) is 18.7 Å². The number of amides is 2. The standard InChI is InChI=1S/C22H24N4O2/c1-4-25(5-2)22(28)19-15-23-26(17-12-7-6-8-13-17)20(19)24-21(27)18-14-10-9-11-16(18)3/h6-15H,4-5H2,1-3H3,(H,24,27). The van der Waals surface area contributed by atoms with Crippen molar-refractivity contribution < 1.29 is 9.59 Å². The first kappa shape index (κ1) is 19.4. The molecule has 0 unspecified atom stereocenters. The topological polar surface area (TPSA) is 67.2 Å². The van der Waals surface area contributed by atoms with Crippen LogP contribution in [0.1, 0.15) is 40.1 Å². The lowest BCUT2D eigenvalue weighted by Gasteiger charge is -2.19. The number of benzene rings is 2. The van der Waals surface area contributed by atoms with Crippen molar-refractivity contribution in [3.05, 3.63) is 77.5 Å². The highest BCUT2D eigenvalue weighted by Gasteiger charge is 2.24. The minimum atomic E-state index is -0.274. The highest BCUT2D eigenvalue weighted by molar-refractivity contribution is 6.09. The number of rotatable bonds is 6. The van der Waals surface area contributed by atoms with E-state index in [2.05, 4.69) is 10.4 Å². The summed E-state index contributed by atoms with van der Waals surface area (Å²) in [5.41, 5.74) is 2.56. The van der Waals surface area contributed by atoms with Crippen molar-refractivity contribution in [2.24, 2.45) is 0 Å². The molecule has 1 heterocycles. The maximum atomic E-state index is 13.0. The Morgan fingerprint density at radius 1 is 0.964 bits per heavy atom. The molecule has 0 aliphatic rings. The first-order valence-corrected chi connectivity index (χ1v) is 9.36. The average molecular weight is 376 g/mol. The fourth-order valence-electron chi connectivity index (χ4n) is 3.07. The van der Waals surface area contributed by atoms with Crippen LogP contribution in [0.2, 0.25) is 0 Å². The molecule has 0 saturated carbocycles. The number of hydrogen-bond donors (Lipinski definition) is 1. The van der Waals surface area contributed by atoms with E-state index in [-0.39, 0.29) is 11.8 Å². The van der Waals surface area contributed by atoms with E-state index in [1.165, 1.54) is 6.20 Å². The molecule has 1 aromatic heterocycles. The summed E-state index contributed by atoms with van der Waals surface area (Å²) in [6.07, 6.45) is 1.51. The van der Waals surface area contributed by atoms with Crippen LogP contribution in [0.4, 0.5) is 5.82 Å². The van der Waals surface area contributed by atoms with E-state index in [1.807, 2.05) is 69.3 Å². The van der Waals surface area contributed by atoms with E-state index < -0.39 is 0 Å². The van der Waals surface area contributed by atoms with Crippen LogP contribution in [0.5, 0.6) is 0 Å². The van der Waals surface area contributed by atoms with Gasteiger partial charge in [-0.25, -0.2) is 4.68 Å². The largest absolute Gasteiger partial charge is 0.339 e. The van der Waals surface area contributed by atoms with Gasteiger partial charge in [-0.05, 0) is 44.5 Å². The second-order valence-electron chi connectivity index (χ2n) is 6.40. The third kappa shape index (κ3) is 3.81. The molecule has 3 rings (SSSR count). The molecule has 3 aromatic rings. The Morgan fingerprint density at radius 2 is 1.61 bits per heavy atom. The van der Waals surface area contributed by atoms with E-state index in [4.69, 9.17) is 0 Å². The van der Waals surface area contributed by atoms with Crippen molar-refractivity contribution in [2.45, 2.75) is 20.8 Å². The van der Waals surface area contributed by atoms with Gasteiger partial charge in [0.15, 0.2) is 0 Å². The maximum absolute atomic E-state index is 13.0. The third-order valence-corrected chi connectivity index (χ3v) is 4.67. The molecule has 0 fully saturated rings. The number of carbonyl (C=O) groups excluding carboxylic acids is 2. The molecule has 0 radical (unpaired) electrons. The fraction of sp³-hybridized carbons (Fsp3) is 0.227. The lowest BCUT2D eigenvalue weighted by atomic mass is 10.1. The van der Waals surface area contributed by atoms with E-state index >= 15 is 0 Å². The van der Waals surface area contributed by atoms with E-state index in [9.17, 15) is 9.59 Å². The second-order valence-corrected chi connectivity index (χ2v) is 6.40. The van der Waals surface area contributed by atoms with Crippen LogP contribution in [0.3, 0.4) is 0 Å². The fourth-order valence-corrected chi connectivity index (χ4v) is 3.07. The predicted octanol–water partition coefficient (Wildman–Crippen LogP) is 3.92. The molecule has 28 heavy (non-hydrogen) atoms. The Labute approximate surface area is 164 Å². The zero-order chi connectivity index (χ0) is 20.1. The van der Waals surface area contributed by atoms with Crippen LogP contribution < -0.4 is 5.32 Å². The first-order chi connectivity index (χ1) is 13.6. The van der Waals surface area contributed by atoms with Gasteiger partial charge in [0.1, 0.15) is 11.4 Å². The highest BCUT2D eigenvalue weighted by atomic mass is 16.2. The number of aryl methyl sites for hydroxylation is 1. The molecule has 6 heteroatoms. The Bertz CT molecular complexity index is 975. The molecule has 0 bridgehead atoms. The highest BCUT2D eigenvalue weighted by Crippen LogP contribution is 2.23. The zero-order valence-corrected chi connectivity index (χ0v) is 16.3. The molecule has 0 aliphatic carbocycles. The van der Waals surface area contributed by atoms with Crippen molar-refractivity contribution in [2.75, 3.05) is 18.4 Å². The average Bonchev–Trinajstić information content (AvgIpc) is 3.13. The van der Waals surface area contributed by atoms with Gasteiger partial charge in [-0.3, -0.25) is 9.59 Å². The summed E-state index contributed by atoms with van der Waals surface area (Å²) in [6.45, 7) is 6.89. The van der Waals surface area contributed by atoms with Crippen molar-refractivity contribution in [3.63, 3.8) is 0 Å². The van der Waals surface area contributed by atoms with Crippen LogP contribution >= 0.6 is 0 Å². The first-order valence-electron chi connectivity index (χ1n) is 9.36. The van der Waals surface area contributed by atoms with Crippen molar-refractivity contribution >= 4 is 17.6 Å². The summed E-state index contributed by atoms with van der Waals surface area (Å²) in [4.78, 5) is 27.6. The summed E-state index contributed by atoms with van der Waals surface area (Å²) >= 11 is 0. The van der Waals surface area contributed by atoms with Crippen LogP contribution in [0.15, 0.2) is 60.8 Å². The number of aromatic nitrogens is 2. The summed E-state index contributed by atoms with van der Waals surface area (Å²) in [6, 6.07) is 16.8. The molecular weight excluding hydrogens is 352 g/mol. The Balaban J connectivity index is 2.05. The summed E-state index contributed by atoms with van der Waals surface area (Å²) in [5.74, 6) is -0.0620. The van der Waals surface area contributed by atoms with E-state index in [0.29, 0.717) is 30.0 Å². The molecule has 0 spiro atoms. The molecule has 144 valence electrons. The third-order valence-electron chi connectivity index (χ3n) is 4.67. The minimum Gasteiger partial charge on any atom is -0.339 e. The Kier molecular flexibility index (Phi) is 5.89. The summed E-state index contributed by atoms with van der Waals surface area (Å²) in [7, 11) is 0. The number of nitrogens with one attached hydrogen (secondary N) is 1. The lowest BCUT2D eigenvalue weighted by Crippen LogP contribution is -2.31. The molecule has 2 aromatic carbocycles. The monoisotopic (exact) mass is 376 g/mol.